The molecule has 0 saturated carbocycles. The molecule has 0 bridgehead atoms. The first-order valence-electron chi connectivity index (χ1n) is 14.3. The first-order valence-corrected chi connectivity index (χ1v) is 18.0. The minimum atomic E-state index is -1.32. The fourth-order valence-corrected chi connectivity index (χ4v) is 4.71. The molecule has 3 amide bonds. The number of nitrogens with zero attached hydrogens (tertiary/aromatic N) is 3. The number of carbonyl (C=O) groups is 3. The van der Waals surface area contributed by atoms with Crippen molar-refractivity contribution in [2.45, 2.75) is 84.1 Å². The molecular weight excluding hydrogens is 566 g/mol. The molecule has 1 aromatic carbocycles. The molecule has 3 N–H and O–H groups in total. The van der Waals surface area contributed by atoms with Crippen molar-refractivity contribution in [3.8, 4) is 11.3 Å². The van der Waals surface area contributed by atoms with Gasteiger partial charge in [-0.15, -0.1) is 13.2 Å². The van der Waals surface area contributed by atoms with Crippen LogP contribution in [0.3, 0.4) is 0 Å². The SMILES string of the molecule is C=CCCC(=O)Nc1cc(N(C)C(=O)O)ccc1-c1cn(COCC[Si](C)(C)C)c([C@H](CC=C)NC(=O)OC(C)(C)C)n1. The highest BCUT2D eigenvalue weighted by Crippen LogP contribution is 2.33. The molecule has 0 unspecified atom stereocenters. The summed E-state index contributed by atoms with van der Waals surface area (Å²) >= 11 is 0. The van der Waals surface area contributed by atoms with Gasteiger partial charge in [0.25, 0.3) is 0 Å². The van der Waals surface area contributed by atoms with E-state index in [1.807, 2.05) is 4.57 Å². The van der Waals surface area contributed by atoms with E-state index in [0.29, 0.717) is 47.9 Å². The van der Waals surface area contributed by atoms with Gasteiger partial charge in [-0.2, -0.15) is 0 Å². The number of hydrogen-bond donors (Lipinski definition) is 3. The first-order chi connectivity index (χ1) is 20.0. The third-order valence-corrected chi connectivity index (χ3v) is 7.95. The Labute approximate surface area is 256 Å². The molecule has 2 aromatic rings. The van der Waals surface area contributed by atoms with Crippen LogP contribution < -0.4 is 15.5 Å². The topological polar surface area (TPSA) is 135 Å². The number of allylic oxidation sites excluding steroid dienone is 1. The second-order valence-electron chi connectivity index (χ2n) is 12.5. The summed E-state index contributed by atoms with van der Waals surface area (Å²) in [6, 6.07) is 5.36. The van der Waals surface area contributed by atoms with Crippen LogP contribution in [0.15, 0.2) is 49.7 Å². The van der Waals surface area contributed by atoms with Gasteiger partial charge in [-0.25, -0.2) is 14.6 Å². The molecule has 0 aliphatic rings. The zero-order valence-corrected chi connectivity index (χ0v) is 27.5. The molecule has 43 heavy (non-hydrogen) atoms. The van der Waals surface area contributed by atoms with E-state index in [4.69, 9.17) is 14.5 Å². The van der Waals surface area contributed by atoms with Gasteiger partial charge < -0.3 is 29.8 Å². The van der Waals surface area contributed by atoms with Gasteiger partial charge in [0.2, 0.25) is 5.91 Å². The quantitative estimate of drug-likeness (QED) is 0.112. The molecule has 0 radical (unpaired) electrons. The summed E-state index contributed by atoms with van der Waals surface area (Å²) in [4.78, 5) is 43.1. The summed E-state index contributed by atoms with van der Waals surface area (Å²) in [5.74, 6) is 0.270. The molecule has 12 heteroatoms. The van der Waals surface area contributed by atoms with E-state index in [2.05, 4.69) is 43.4 Å². The maximum absolute atomic E-state index is 12.8. The van der Waals surface area contributed by atoms with Crippen molar-refractivity contribution in [1.29, 1.82) is 0 Å². The van der Waals surface area contributed by atoms with Crippen molar-refractivity contribution in [2.24, 2.45) is 0 Å². The van der Waals surface area contributed by atoms with Crippen LogP contribution >= 0.6 is 0 Å². The average Bonchev–Trinajstić information content (AvgIpc) is 3.31. The van der Waals surface area contributed by atoms with E-state index in [1.165, 1.54) is 7.05 Å². The number of aromatic nitrogens is 2. The normalized spacial score (nSPS) is 12.3. The van der Waals surface area contributed by atoms with Crippen LogP contribution in [0.2, 0.25) is 25.7 Å². The van der Waals surface area contributed by atoms with Crippen LogP contribution in [0.1, 0.15) is 51.9 Å². The zero-order chi connectivity index (χ0) is 32.4. The number of alkyl carbamates (subject to hydrolysis) is 1. The van der Waals surface area contributed by atoms with Crippen LogP contribution in [0.5, 0.6) is 0 Å². The number of amides is 3. The van der Waals surface area contributed by atoms with Crippen LogP contribution in [-0.2, 0) is 21.0 Å². The number of ether oxygens (including phenoxy) is 2. The van der Waals surface area contributed by atoms with E-state index in [1.54, 1.807) is 57.3 Å². The minimum Gasteiger partial charge on any atom is -0.465 e. The number of nitrogens with one attached hydrogen (secondary N) is 2. The standard InChI is InChI=1S/C31H47N5O6Si/c1-10-12-14-27(37)32-25-19-22(35(6)30(39)40)15-16-23(25)26-20-36(21-41-17-18-43(7,8)9)28(33-26)24(13-11-2)34-29(38)42-31(3,4)5/h10-11,15-16,19-20,24H,1-2,12-14,17-18,21H2,3-9H3,(H,32,37)(H,34,38)(H,39,40)/t24-/m0/s1. The average molecular weight is 614 g/mol. The molecule has 0 spiro atoms. The van der Waals surface area contributed by atoms with E-state index in [-0.39, 0.29) is 19.1 Å². The van der Waals surface area contributed by atoms with Gasteiger partial charge in [0.05, 0.1) is 17.4 Å². The third-order valence-electron chi connectivity index (χ3n) is 6.24. The number of carboxylic acid groups (broad SMARTS) is 1. The molecule has 0 aliphatic heterocycles. The van der Waals surface area contributed by atoms with Gasteiger partial charge in [0, 0.05) is 45.6 Å². The highest BCUT2D eigenvalue weighted by molar-refractivity contribution is 6.76. The number of rotatable bonds is 15. The molecule has 11 nitrogen and oxygen atoms in total. The van der Waals surface area contributed by atoms with E-state index >= 15 is 0 Å². The Morgan fingerprint density at radius 3 is 2.47 bits per heavy atom. The third kappa shape index (κ3) is 11.7. The summed E-state index contributed by atoms with van der Waals surface area (Å²) in [6.45, 7) is 20.5. The summed E-state index contributed by atoms with van der Waals surface area (Å²) in [6.07, 6.45) is 4.49. The molecule has 236 valence electrons. The summed E-state index contributed by atoms with van der Waals surface area (Å²) < 4.78 is 13.4. The van der Waals surface area contributed by atoms with Crippen LogP contribution in [-0.4, -0.2) is 60.1 Å². The smallest absolute Gasteiger partial charge is 0.411 e. The summed E-state index contributed by atoms with van der Waals surface area (Å²) in [5.41, 5.74) is 1.17. The lowest BCUT2D eigenvalue weighted by Gasteiger charge is -2.23. The zero-order valence-electron chi connectivity index (χ0n) is 26.5. The van der Waals surface area contributed by atoms with Crippen molar-refractivity contribution < 1.29 is 29.0 Å². The van der Waals surface area contributed by atoms with Gasteiger partial charge in [-0.3, -0.25) is 9.69 Å². The highest BCUT2D eigenvalue weighted by Gasteiger charge is 2.25. The molecule has 0 fully saturated rings. The van der Waals surface area contributed by atoms with Crippen molar-refractivity contribution >= 4 is 37.5 Å². The molecule has 2 rings (SSSR count). The largest absolute Gasteiger partial charge is 0.465 e. The Bertz CT molecular complexity index is 1290. The Hall–Kier alpha value is -3.90. The Balaban J connectivity index is 2.59. The Kier molecular flexibility index (Phi) is 12.7. The summed E-state index contributed by atoms with van der Waals surface area (Å²) in [5, 5.41) is 15.3. The molecule has 1 aromatic heterocycles. The summed E-state index contributed by atoms with van der Waals surface area (Å²) in [7, 11) is 0.104. The highest BCUT2D eigenvalue weighted by atomic mass is 28.3. The second kappa shape index (κ2) is 15.5. The number of imidazole rings is 1. The second-order valence-corrected chi connectivity index (χ2v) is 18.1. The van der Waals surface area contributed by atoms with Gasteiger partial charge in [-0.05, 0) is 57.9 Å². The monoisotopic (exact) mass is 613 g/mol. The molecule has 0 saturated heterocycles. The van der Waals surface area contributed by atoms with E-state index < -0.39 is 31.9 Å². The minimum absolute atomic E-state index is 0.192. The van der Waals surface area contributed by atoms with Crippen LogP contribution in [0.4, 0.5) is 21.0 Å². The predicted octanol–water partition coefficient (Wildman–Crippen LogP) is 7.02. The van der Waals surface area contributed by atoms with E-state index in [9.17, 15) is 19.5 Å². The van der Waals surface area contributed by atoms with Gasteiger partial charge in [0.1, 0.15) is 18.2 Å². The fraction of sp³-hybridized carbons (Fsp3) is 0.484. The molecular formula is C31H47N5O6Si. The Morgan fingerprint density at radius 1 is 1.19 bits per heavy atom. The van der Waals surface area contributed by atoms with Crippen molar-refractivity contribution in [3.05, 3.63) is 55.5 Å². The maximum atomic E-state index is 12.8. The number of hydrogen-bond acceptors (Lipinski definition) is 6. The van der Waals surface area contributed by atoms with Gasteiger partial charge in [-0.1, -0.05) is 31.8 Å². The van der Waals surface area contributed by atoms with Gasteiger partial charge in [0.15, 0.2) is 0 Å². The fourth-order valence-electron chi connectivity index (χ4n) is 3.95. The first kappa shape index (κ1) is 35.3. The van der Waals surface area contributed by atoms with Crippen molar-refractivity contribution in [1.82, 2.24) is 14.9 Å². The maximum Gasteiger partial charge on any atom is 0.411 e. The van der Waals surface area contributed by atoms with Gasteiger partial charge >= 0.3 is 12.2 Å². The van der Waals surface area contributed by atoms with Crippen LogP contribution in [0, 0.1) is 0 Å². The predicted molar refractivity (Wildman–Crippen MR) is 173 cm³/mol. The lowest BCUT2D eigenvalue weighted by atomic mass is 10.1. The molecule has 1 heterocycles. The van der Waals surface area contributed by atoms with Crippen molar-refractivity contribution in [2.75, 3.05) is 23.9 Å². The van der Waals surface area contributed by atoms with Crippen LogP contribution in [0.25, 0.3) is 11.3 Å². The molecule has 0 aliphatic carbocycles. The lowest BCUT2D eigenvalue weighted by molar-refractivity contribution is -0.116. The Morgan fingerprint density at radius 2 is 1.88 bits per heavy atom. The number of anilines is 2. The number of benzene rings is 1. The van der Waals surface area contributed by atoms with Crippen molar-refractivity contribution in [3.63, 3.8) is 0 Å². The molecule has 1 atom stereocenters. The lowest BCUT2D eigenvalue weighted by Crippen LogP contribution is -2.36. The van der Waals surface area contributed by atoms with E-state index in [0.717, 1.165) is 10.9 Å². The number of carbonyl (C=O) groups excluding carboxylic acids is 2.